The Kier molecular flexibility index (Phi) is 8.46. The van der Waals surface area contributed by atoms with E-state index in [1.165, 1.54) is 60.8 Å². The molecule has 0 aromatic heterocycles. The van der Waals surface area contributed by atoms with Crippen molar-refractivity contribution < 1.29 is 19.7 Å². The molecule has 0 radical (unpaired) electrons. The molecule has 2 fully saturated rings. The van der Waals surface area contributed by atoms with E-state index >= 15 is 0 Å². The largest absolute Gasteiger partial charge is 0.507 e. The van der Waals surface area contributed by atoms with Gasteiger partial charge in [0.2, 0.25) is 0 Å². The highest BCUT2D eigenvalue weighted by atomic mass is 16.5. The summed E-state index contributed by atoms with van der Waals surface area (Å²) in [6.45, 7) is 4.77. The van der Waals surface area contributed by atoms with Gasteiger partial charge in [0.25, 0.3) is 0 Å². The van der Waals surface area contributed by atoms with Crippen molar-refractivity contribution in [3.8, 4) is 22.6 Å². The molecular formula is C41H46O4. The summed E-state index contributed by atoms with van der Waals surface area (Å²) in [6, 6.07) is 26.1. The summed E-state index contributed by atoms with van der Waals surface area (Å²) in [5.41, 5.74) is 9.72. The number of aromatic hydroxyl groups is 2. The summed E-state index contributed by atoms with van der Waals surface area (Å²) in [5.74, 6) is 0.625. The summed E-state index contributed by atoms with van der Waals surface area (Å²) < 4.78 is 12.9. The van der Waals surface area contributed by atoms with Crippen molar-refractivity contribution in [3.05, 3.63) is 117 Å². The van der Waals surface area contributed by atoms with Gasteiger partial charge in [-0.05, 0) is 96.2 Å². The molecule has 4 aromatic rings. The van der Waals surface area contributed by atoms with Gasteiger partial charge in [-0.25, -0.2) is 0 Å². The van der Waals surface area contributed by atoms with Gasteiger partial charge in [-0.2, -0.15) is 0 Å². The van der Waals surface area contributed by atoms with Gasteiger partial charge >= 0.3 is 0 Å². The molecule has 3 aliphatic rings. The van der Waals surface area contributed by atoms with E-state index in [4.69, 9.17) is 9.47 Å². The summed E-state index contributed by atoms with van der Waals surface area (Å²) in [5, 5.41) is 22.7. The number of benzene rings is 4. The predicted octanol–water partition coefficient (Wildman–Crippen LogP) is 9.78. The van der Waals surface area contributed by atoms with Crippen LogP contribution in [0.3, 0.4) is 0 Å². The fraction of sp³-hybridized carbons (Fsp3) is 0.415. The van der Waals surface area contributed by atoms with Crippen molar-refractivity contribution >= 4 is 0 Å². The molecule has 0 aliphatic heterocycles. The van der Waals surface area contributed by atoms with E-state index in [9.17, 15) is 10.2 Å². The molecule has 2 N–H and O–H groups in total. The molecule has 2 saturated carbocycles. The zero-order valence-electron chi connectivity index (χ0n) is 26.8. The Labute approximate surface area is 268 Å². The van der Waals surface area contributed by atoms with E-state index in [1.807, 2.05) is 13.8 Å². The first kappa shape index (κ1) is 30.1. The third-order valence-electron chi connectivity index (χ3n) is 10.6. The Morgan fingerprint density at radius 1 is 0.578 bits per heavy atom. The molecule has 7 rings (SSSR count). The first-order valence-corrected chi connectivity index (χ1v) is 17.1. The Morgan fingerprint density at radius 2 is 0.978 bits per heavy atom. The van der Waals surface area contributed by atoms with E-state index in [0.717, 1.165) is 59.1 Å². The molecule has 3 aliphatic carbocycles. The monoisotopic (exact) mass is 602 g/mol. The Bertz CT molecular complexity index is 1550. The second-order valence-corrected chi connectivity index (χ2v) is 13.6. The van der Waals surface area contributed by atoms with Crippen molar-refractivity contribution in [1.29, 1.82) is 0 Å². The van der Waals surface area contributed by atoms with Gasteiger partial charge in [0, 0.05) is 11.1 Å². The third kappa shape index (κ3) is 5.47. The summed E-state index contributed by atoms with van der Waals surface area (Å²) in [4.78, 5) is 0. The number of phenols is 2. The lowest BCUT2D eigenvalue weighted by Gasteiger charge is -2.35. The lowest BCUT2D eigenvalue weighted by atomic mass is 9.66. The molecule has 45 heavy (non-hydrogen) atoms. The van der Waals surface area contributed by atoms with Crippen LogP contribution in [0.2, 0.25) is 0 Å². The minimum Gasteiger partial charge on any atom is -0.507 e. The van der Waals surface area contributed by atoms with Gasteiger partial charge in [-0.1, -0.05) is 99.2 Å². The second kappa shape index (κ2) is 12.7. The lowest BCUT2D eigenvalue weighted by Crippen LogP contribution is -2.29. The van der Waals surface area contributed by atoms with Gasteiger partial charge in [-0.15, -0.1) is 0 Å². The Morgan fingerprint density at radius 3 is 1.40 bits per heavy atom. The van der Waals surface area contributed by atoms with E-state index in [1.54, 1.807) is 0 Å². The number of aryl methyl sites for hydroxylation is 2. The van der Waals surface area contributed by atoms with Crippen molar-refractivity contribution in [1.82, 2.24) is 0 Å². The Hall–Kier alpha value is -3.60. The summed E-state index contributed by atoms with van der Waals surface area (Å²) in [6.07, 6.45) is 12.2. The van der Waals surface area contributed by atoms with Gasteiger partial charge in [0.15, 0.2) is 0 Å². The number of hydrogen-bond donors (Lipinski definition) is 2. The molecular weight excluding hydrogens is 556 g/mol. The van der Waals surface area contributed by atoms with E-state index in [2.05, 4.69) is 72.8 Å². The van der Waals surface area contributed by atoms with Crippen LogP contribution >= 0.6 is 0 Å². The number of phenolic OH excluding ortho intramolecular Hbond substituents is 2. The SMILES string of the molecule is Cc1cc(C2(c3cc(C)c(O)c(COC4CCCCC4)c3)c3ccccc3-c3ccccc32)cc(COC2CCCCC2)c1O. The molecule has 0 unspecified atom stereocenters. The van der Waals surface area contributed by atoms with Gasteiger partial charge < -0.3 is 19.7 Å². The van der Waals surface area contributed by atoms with Gasteiger partial charge in [0.05, 0.1) is 30.8 Å². The molecule has 0 bridgehead atoms. The highest BCUT2D eigenvalue weighted by Gasteiger charge is 2.46. The van der Waals surface area contributed by atoms with Crippen molar-refractivity contribution in [3.63, 3.8) is 0 Å². The van der Waals surface area contributed by atoms with E-state index in [-0.39, 0.29) is 12.2 Å². The average molecular weight is 603 g/mol. The molecule has 0 saturated heterocycles. The number of hydrogen-bond acceptors (Lipinski definition) is 4. The maximum absolute atomic E-state index is 11.3. The summed E-state index contributed by atoms with van der Waals surface area (Å²) in [7, 11) is 0. The zero-order chi connectivity index (χ0) is 31.0. The average Bonchev–Trinajstić information content (AvgIpc) is 3.38. The topological polar surface area (TPSA) is 58.9 Å². The van der Waals surface area contributed by atoms with E-state index < -0.39 is 5.41 Å². The molecule has 0 spiro atoms. The maximum Gasteiger partial charge on any atom is 0.124 e. The highest BCUT2D eigenvalue weighted by Crippen LogP contribution is 2.57. The smallest absolute Gasteiger partial charge is 0.124 e. The molecule has 234 valence electrons. The molecule has 0 atom stereocenters. The van der Waals surface area contributed by atoms with Gasteiger partial charge in [-0.3, -0.25) is 0 Å². The quantitative estimate of drug-likeness (QED) is 0.186. The third-order valence-corrected chi connectivity index (χ3v) is 10.6. The van der Waals surface area contributed by atoms with Crippen molar-refractivity contribution in [2.45, 2.75) is 109 Å². The van der Waals surface area contributed by atoms with Crippen LogP contribution in [-0.2, 0) is 28.1 Å². The highest BCUT2D eigenvalue weighted by molar-refractivity contribution is 5.86. The van der Waals surface area contributed by atoms with Gasteiger partial charge in [0.1, 0.15) is 11.5 Å². The molecule has 4 nitrogen and oxygen atoms in total. The predicted molar refractivity (Wildman–Crippen MR) is 180 cm³/mol. The van der Waals surface area contributed by atoms with Crippen LogP contribution in [0.5, 0.6) is 11.5 Å². The lowest BCUT2D eigenvalue weighted by molar-refractivity contribution is 0.0159. The standard InChI is InChI=1S/C41H46O4/c1-27-21-31(23-29(39(27)42)25-44-33-13-5-3-6-14-33)41(37-19-11-9-17-35(37)36-18-10-12-20-38(36)41)32-22-28(2)40(43)30(24-32)26-45-34-15-7-4-8-16-34/h9-12,17-24,33-34,42-43H,3-8,13-16,25-26H2,1-2H3. The van der Waals surface area contributed by atoms with Crippen LogP contribution in [0.25, 0.3) is 11.1 Å². The van der Waals surface area contributed by atoms with Crippen molar-refractivity contribution in [2.75, 3.05) is 0 Å². The normalized spacial score (nSPS) is 18.1. The minimum atomic E-state index is -0.650. The van der Waals surface area contributed by atoms with Crippen LogP contribution in [0.4, 0.5) is 0 Å². The fourth-order valence-corrected chi connectivity index (χ4v) is 8.26. The van der Waals surface area contributed by atoms with Crippen LogP contribution < -0.4 is 0 Å². The first-order valence-electron chi connectivity index (χ1n) is 17.1. The zero-order valence-corrected chi connectivity index (χ0v) is 26.8. The Balaban J connectivity index is 1.40. The second-order valence-electron chi connectivity index (χ2n) is 13.6. The van der Waals surface area contributed by atoms with E-state index in [0.29, 0.717) is 24.7 Å². The molecule has 4 heteroatoms. The number of ether oxygens (including phenoxy) is 2. The molecule has 4 aromatic carbocycles. The molecule has 0 heterocycles. The van der Waals surface area contributed by atoms with Crippen LogP contribution in [0.15, 0.2) is 72.8 Å². The fourth-order valence-electron chi connectivity index (χ4n) is 8.26. The van der Waals surface area contributed by atoms with Crippen LogP contribution in [0, 0.1) is 13.8 Å². The summed E-state index contributed by atoms with van der Waals surface area (Å²) >= 11 is 0. The van der Waals surface area contributed by atoms with Crippen molar-refractivity contribution in [2.24, 2.45) is 0 Å². The first-order chi connectivity index (χ1) is 22.0. The molecule has 0 amide bonds. The van der Waals surface area contributed by atoms with Crippen LogP contribution in [-0.4, -0.2) is 22.4 Å². The van der Waals surface area contributed by atoms with Crippen LogP contribution in [0.1, 0.15) is 109 Å². The number of rotatable bonds is 8. The minimum absolute atomic E-state index is 0.246. The number of fused-ring (bicyclic) bond motifs is 3. The maximum atomic E-state index is 11.3.